The summed E-state index contributed by atoms with van der Waals surface area (Å²) >= 11 is 0. The van der Waals surface area contributed by atoms with Crippen molar-refractivity contribution in [2.45, 2.75) is 52.0 Å². The van der Waals surface area contributed by atoms with Gasteiger partial charge in [0.1, 0.15) is 0 Å². The number of hydrogen-bond donors (Lipinski definition) is 1. The molecule has 1 unspecified atom stereocenters. The van der Waals surface area contributed by atoms with Gasteiger partial charge in [-0.3, -0.25) is 4.79 Å². The van der Waals surface area contributed by atoms with Crippen LogP contribution in [0.15, 0.2) is 0 Å². The molecule has 0 aliphatic heterocycles. The molecule has 3 nitrogen and oxygen atoms in total. The number of carbonyl (C=O) groups is 1. The van der Waals surface area contributed by atoms with Crippen molar-refractivity contribution in [2.75, 3.05) is 20.6 Å². The van der Waals surface area contributed by atoms with Crippen molar-refractivity contribution in [3.05, 3.63) is 0 Å². The van der Waals surface area contributed by atoms with Gasteiger partial charge in [0.2, 0.25) is 5.91 Å². The van der Waals surface area contributed by atoms with E-state index in [1.807, 2.05) is 14.1 Å². The van der Waals surface area contributed by atoms with Crippen molar-refractivity contribution in [1.82, 2.24) is 10.2 Å². The first kappa shape index (κ1) is 14.4. The van der Waals surface area contributed by atoms with E-state index in [-0.39, 0.29) is 5.91 Å². The number of rotatable bonds is 8. The first-order valence-electron chi connectivity index (χ1n) is 6.05. The minimum atomic E-state index is 0.223. The highest BCUT2D eigenvalue weighted by molar-refractivity contribution is 5.75. The van der Waals surface area contributed by atoms with Crippen LogP contribution in [-0.4, -0.2) is 37.5 Å². The lowest BCUT2D eigenvalue weighted by atomic mass is 10.1. The third-order valence-electron chi connectivity index (χ3n) is 2.63. The molecule has 0 aliphatic carbocycles. The van der Waals surface area contributed by atoms with E-state index >= 15 is 0 Å². The highest BCUT2D eigenvalue weighted by Crippen LogP contribution is 2.01. The van der Waals surface area contributed by atoms with Gasteiger partial charge in [0, 0.05) is 26.6 Å². The maximum absolute atomic E-state index is 11.3. The van der Waals surface area contributed by atoms with Crippen LogP contribution in [0.1, 0.15) is 46.0 Å². The zero-order valence-electron chi connectivity index (χ0n) is 10.7. The quantitative estimate of drug-likeness (QED) is 0.627. The standard InChI is InChI=1S/C12H26N2O/c1-5-8-11(6-2)13-10-7-9-12(15)14(3)4/h11,13H,5-10H2,1-4H3. The van der Waals surface area contributed by atoms with Crippen molar-refractivity contribution in [3.63, 3.8) is 0 Å². The number of amides is 1. The van der Waals surface area contributed by atoms with Crippen LogP contribution >= 0.6 is 0 Å². The Bertz CT molecular complexity index is 169. The van der Waals surface area contributed by atoms with Gasteiger partial charge in [-0.1, -0.05) is 20.3 Å². The Balaban J connectivity index is 3.47. The maximum atomic E-state index is 11.3. The molecule has 0 spiro atoms. The van der Waals surface area contributed by atoms with Gasteiger partial charge in [-0.25, -0.2) is 0 Å². The molecule has 0 bridgehead atoms. The van der Waals surface area contributed by atoms with Crippen LogP contribution in [0.3, 0.4) is 0 Å². The van der Waals surface area contributed by atoms with E-state index in [1.54, 1.807) is 4.90 Å². The average molecular weight is 214 g/mol. The predicted molar refractivity (Wildman–Crippen MR) is 64.9 cm³/mol. The minimum Gasteiger partial charge on any atom is -0.349 e. The average Bonchev–Trinajstić information content (AvgIpc) is 2.22. The summed E-state index contributed by atoms with van der Waals surface area (Å²) in [5, 5.41) is 3.49. The van der Waals surface area contributed by atoms with Crippen LogP contribution in [0.2, 0.25) is 0 Å². The largest absolute Gasteiger partial charge is 0.349 e. The lowest BCUT2D eigenvalue weighted by Crippen LogP contribution is -2.30. The van der Waals surface area contributed by atoms with Gasteiger partial charge in [-0.2, -0.15) is 0 Å². The van der Waals surface area contributed by atoms with Crippen LogP contribution in [-0.2, 0) is 4.79 Å². The Kier molecular flexibility index (Phi) is 8.38. The Morgan fingerprint density at radius 2 is 2.00 bits per heavy atom. The molecule has 0 saturated heterocycles. The summed E-state index contributed by atoms with van der Waals surface area (Å²) in [6, 6.07) is 0.629. The van der Waals surface area contributed by atoms with Crippen molar-refractivity contribution in [2.24, 2.45) is 0 Å². The molecule has 15 heavy (non-hydrogen) atoms. The molecule has 0 aliphatic rings. The van der Waals surface area contributed by atoms with E-state index < -0.39 is 0 Å². The molecular formula is C12H26N2O. The highest BCUT2D eigenvalue weighted by Gasteiger charge is 2.05. The Hall–Kier alpha value is -0.570. The molecule has 90 valence electrons. The second-order valence-electron chi connectivity index (χ2n) is 4.24. The minimum absolute atomic E-state index is 0.223. The summed E-state index contributed by atoms with van der Waals surface area (Å²) in [6.45, 7) is 5.37. The molecule has 0 heterocycles. The van der Waals surface area contributed by atoms with Crippen molar-refractivity contribution in [1.29, 1.82) is 0 Å². The fraction of sp³-hybridized carbons (Fsp3) is 0.917. The van der Waals surface area contributed by atoms with Gasteiger partial charge in [0.25, 0.3) is 0 Å². The molecule has 0 aromatic heterocycles. The maximum Gasteiger partial charge on any atom is 0.222 e. The Morgan fingerprint density at radius 3 is 2.47 bits per heavy atom. The third-order valence-corrected chi connectivity index (χ3v) is 2.63. The molecular weight excluding hydrogens is 188 g/mol. The van der Waals surface area contributed by atoms with Gasteiger partial charge in [0.15, 0.2) is 0 Å². The van der Waals surface area contributed by atoms with E-state index in [0.717, 1.165) is 13.0 Å². The fourth-order valence-electron chi connectivity index (χ4n) is 1.57. The second kappa shape index (κ2) is 8.72. The zero-order valence-corrected chi connectivity index (χ0v) is 10.7. The van der Waals surface area contributed by atoms with Crippen molar-refractivity contribution in [3.8, 4) is 0 Å². The summed E-state index contributed by atoms with van der Waals surface area (Å²) in [6.07, 6.45) is 5.23. The Labute approximate surface area is 94.2 Å². The summed E-state index contributed by atoms with van der Waals surface area (Å²) < 4.78 is 0. The number of carbonyl (C=O) groups excluding carboxylic acids is 1. The smallest absolute Gasteiger partial charge is 0.222 e. The summed E-state index contributed by atoms with van der Waals surface area (Å²) in [5.41, 5.74) is 0. The molecule has 0 saturated carbocycles. The molecule has 0 fully saturated rings. The number of hydrogen-bond acceptors (Lipinski definition) is 2. The van der Waals surface area contributed by atoms with E-state index in [4.69, 9.17) is 0 Å². The lowest BCUT2D eigenvalue weighted by molar-refractivity contribution is -0.128. The second-order valence-corrected chi connectivity index (χ2v) is 4.24. The molecule has 0 aromatic carbocycles. The van der Waals surface area contributed by atoms with Gasteiger partial charge in [-0.05, 0) is 25.8 Å². The molecule has 1 amide bonds. The summed E-state index contributed by atoms with van der Waals surface area (Å²) in [5.74, 6) is 0.223. The predicted octanol–water partition coefficient (Wildman–Crippen LogP) is 2.02. The van der Waals surface area contributed by atoms with E-state index in [1.165, 1.54) is 19.3 Å². The van der Waals surface area contributed by atoms with Crippen LogP contribution in [0, 0.1) is 0 Å². The molecule has 0 aromatic rings. The molecule has 0 rings (SSSR count). The lowest BCUT2D eigenvalue weighted by Gasteiger charge is -2.16. The highest BCUT2D eigenvalue weighted by atomic mass is 16.2. The van der Waals surface area contributed by atoms with Gasteiger partial charge in [0.05, 0.1) is 0 Å². The Morgan fingerprint density at radius 1 is 1.33 bits per heavy atom. The van der Waals surface area contributed by atoms with Crippen molar-refractivity contribution >= 4 is 5.91 Å². The van der Waals surface area contributed by atoms with Crippen LogP contribution in [0.25, 0.3) is 0 Å². The van der Waals surface area contributed by atoms with E-state index in [0.29, 0.717) is 12.5 Å². The van der Waals surface area contributed by atoms with Crippen LogP contribution in [0.5, 0.6) is 0 Å². The topological polar surface area (TPSA) is 32.3 Å². The van der Waals surface area contributed by atoms with E-state index in [2.05, 4.69) is 19.2 Å². The van der Waals surface area contributed by atoms with E-state index in [9.17, 15) is 4.79 Å². The molecule has 1 atom stereocenters. The molecule has 3 heteroatoms. The fourth-order valence-corrected chi connectivity index (χ4v) is 1.57. The number of nitrogens with one attached hydrogen (secondary N) is 1. The zero-order chi connectivity index (χ0) is 11.7. The van der Waals surface area contributed by atoms with Gasteiger partial charge >= 0.3 is 0 Å². The van der Waals surface area contributed by atoms with Crippen molar-refractivity contribution < 1.29 is 4.79 Å². The first-order chi connectivity index (χ1) is 7.11. The first-order valence-corrected chi connectivity index (χ1v) is 6.05. The normalized spacial score (nSPS) is 12.5. The molecule has 0 radical (unpaired) electrons. The number of nitrogens with zero attached hydrogens (tertiary/aromatic N) is 1. The monoisotopic (exact) mass is 214 g/mol. The summed E-state index contributed by atoms with van der Waals surface area (Å²) in [7, 11) is 3.61. The van der Waals surface area contributed by atoms with Gasteiger partial charge in [-0.15, -0.1) is 0 Å². The summed E-state index contributed by atoms with van der Waals surface area (Å²) in [4.78, 5) is 12.9. The van der Waals surface area contributed by atoms with Crippen LogP contribution < -0.4 is 5.32 Å². The van der Waals surface area contributed by atoms with Gasteiger partial charge < -0.3 is 10.2 Å². The SMILES string of the molecule is CCCC(CC)NCCCC(=O)N(C)C. The molecule has 1 N–H and O–H groups in total. The third kappa shape index (κ3) is 7.37. The van der Waals surface area contributed by atoms with Crippen LogP contribution in [0.4, 0.5) is 0 Å².